The summed E-state index contributed by atoms with van der Waals surface area (Å²) in [5.41, 5.74) is 0.979. The van der Waals surface area contributed by atoms with Gasteiger partial charge in [0.05, 0.1) is 11.2 Å². The summed E-state index contributed by atoms with van der Waals surface area (Å²) in [5, 5.41) is 8.69. The Morgan fingerprint density at radius 2 is 2.20 bits per heavy atom. The highest BCUT2D eigenvalue weighted by Crippen LogP contribution is 2.20. The Morgan fingerprint density at radius 3 is 3.00 bits per heavy atom. The molecule has 0 spiro atoms. The van der Waals surface area contributed by atoms with Crippen LogP contribution in [0.1, 0.15) is 11.1 Å². The maximum Gasteiger partial charge on any atom is 0.148 e. The number of pyridine rings is 1. The summed E-state index contributed by atoms with van der Waals surface area (Å²) in [6.07, 6.45) is 3.06. The van der Waals surface area contributed by atoms with Gasteiger partial charge in [-0.15, -0.1) is 0 Å². The van der Waals surface area contributed by atoms with Crippen molar-refractivity contribution in [3.05, 3.63) is 58.6 Å². The third kappa shape index (κ3) is 3.70. The summed E-state index contributed by atoms with van der Waals surface area (Å²) in [5.74, 6) is 5.21. The average Bonchev–Trinajstić information content (AvgIpc) is 2.47. The van der Waals surface area contributed by atoms with Crippen molar-refractivity contribution in [2.75, 3.05) is 6.61 Å². The van der Waals surface area contributed by atoms with Crippen LogP contribution in [0.2, 0.25) is 5.02 Å². The average molecular weight is 292 g/mol. The lowest BCUT2D eigenvalue weighted by atomic mass is 10.2. The van der Waals surface area contributed by atoms with Crippen molar-refractivity contribution in [3.8, 4) is 17.6 Å². The van der Waals surface area contributed by atoms with Gasteiger partial charge in [0.25, 0.3) is 0 Å². The first kappa shape index (κ1) is 14.3. The standard InChI is InChI=1S/C15H11ClFNO2/c16-14-5-1-4-12(15(14)17)10-20-13-7-11(3-2-6-19)8-18-9-13/h1,4-5,7-9,19H,6,10H2. The summed E-state index contributed by atoms with van der Waals surface area (Å²) in [7, 11) is 0. The molecule has 1 aromatic carbocycles. The van der Waals surface area contributed by atoms with Gasteiger partial charge in [-0.1, -0.05) is 35.6 Å². The lowest BCUT2D eigenvalue weighted by Gasteiger charge is -2.07. The number of aliphatic hydroxyl groups is 1. The van der Waals surface area contributed by atoms with E-state index in [0.29, 0.717) is 16.9 Å². The Hall–Kier alpha value is -2.09. The van der Waals surface area contributed by atoms with E-state index < -0.39 is 5.82 Å². The molecule has 2 aromatic rings. The van der Waals surface area contributed by atoms with Crippen LogP contribution in [-0.2, 0) is 6.61 Å². The number of aromatic nitrogens is 1. The molecule has 0 aliphatic carbocycles. The number of aliphatic hydroxyl groups excluding tert-OH is 1. The zero-order chi connectivity index (χ0) is 14.4. The molecule has 0 radical (unpaired) electrons. The Balaban J connectivity index is 2.09. The molecule has 1 N–H and O–H groups in total. The van der Waals surface area contributed by atoms with E-state index in [0.717, 1.165) is 0 Å². The largest absolute Gasteiger partial charge is 0.487 e. The van der Waals surface area contributed by atoms with Gasteiger partial charge in [-0.05, 0) is 12.1 Å². The molecule has 102 valence electrons. The molecule has 1 aromatic heterocycles. The minimum absolute atomic E-state index is 0.0466. The second kappa shape index (κ2) is 6.90. The summed E-state index contributed by atoms with van der Waals surface area (Å²) in [6.45, 7) is -0.177. The topological polar surface area (TPSA) is 42.4 Å². The molecule has 5 heteroatoms. The Bertz CT molecular complexity index is 664. The van der Waals surface area contributed by atoms with Crippen LogP contribution in [0, 0.1) is 17.7 Å². The number of hydrogen-bond donors (Lipinski definition) is 1. The van der Waals surface area contributed by atoms with E-state index in [-0.39, 0.29) is 18.2 Å². The van der Waals surface area contributed by atoms with Gasteiger partial charge in [0.1, 0.15) is 24.8 Å². The molecule has 0 bridgehead atoms. The summed E-state index contributed by atoms with van der Waals surface area (Å²) in [6, 6.07) is 6.40. The number of rotatable bonds is 3. The Labute approximate surface area is 121 Å². The third-order valence-electron chi connectivity index (χ3n) is 2.45. The molecule has 1 heterocycles. The first-order valence-electron chi connectivity index (χ1n) is 5.81. The Kier molecular flexibility index (Phi) is 4.94. The molecule has 0 saturated heterocycles. The van der Waals surface area contributed by atoms with E-state index in [9.17, 15) is 4.39 Å². The Morgan fingerprint density at radius 1 is 1.35 bits per heavy atom. The molecule has 0 saturated carbocycles. The zero-order valence-corrected chi connectivity index (χ0v) is 11.2. The molecule has 0 aliphatic rings. The van der Waals surface area contributed by atoms with E-state index >= 15 is 0 Å². The van der Waals surface area contributed by atoms with Gasteiger partial charge in [-0.25, -0.2) is 4.39 Å². The minimum Gasteiger partial charge on any atom is -0.487 e. The summed E-state index contributed by atoms with van der Waals surface area (Å²) < 4.78 is 19.1. The van der Waals surface area contributed by atoms with Crippen LogP contribution in [0.15, 0.2) is 36.7 Å². The van der Waals surface area contributed by atoms with Crippen LogP contribution in [0.4, 0.5) is 4.39 Å². The summed E-state index contributed by atoms with van der Waals surface area (Å²) >= 11 is 5.69. The predicted octanol–water partition coefficient (Wildman–Crippen LogP) is 2.80. The van der Waals surface area contributed by atoms with Gasteiger partial charge in [-0.3, -0.25) is 4.98 Å². The number of ether oxygens (including phenoxy) is 1. The second-order valence-corrected chi connectivity index (χ2v) is 4.28. The molecule has 0 amide bonds. The highest BCUT2D eigenvalue weighted by molar-refractivity contribution is 6.30. The maximum atomic E-state index is 13.7. The molecule has 20 heavy (non-hydrogen) atoms. The van der Waals surface area contributed by atoms with Gasteiger partial charge < -0.3 is 9.84 Å². The molecule has 0 unspecified atom stereocenters. The van der Waals surface area contributed by atoms with E-state index in [4.69, 9.17) is 21.4 Å². The van der Waals surface area contributed by atoms with Gasteiger partial charge in [-0.2, -0.15) is 0 Å². The van der Waals surface area contributed by atoms with Crippen molar-refractivity contribution < 1.29 is 14.2 Å². The molecular formula is C15H11ClFNO2. The molecule has 0 aliphatic heterocycles. The van der Waals surface area contributed by atoms with Crippen molar-refractivity contribution in [1.82, 2.24) is 4.98 Å². The van der Waals surface area contributed by atoms with E-state index in [1.54, 1.807) is 24.4 Å². The zero-order valence-electron chi connectivity index (χ0n) is 10.4. The molecule has 2 rings (SSSR count). The van der Waals surface area contributed by atoms with E-state index in [1.807, 2.05) is 0 Å². The smallest absolute Gasteiger partial charge is 0.148 e. The first-order valence-corrected chi connectivity index (χ1v) is 6.19. The van der Waals surface area contributed by atoms with Crippen LogP contribution in [0.25, 0.3) is 0 Å². The predicted molar refractivity (Wildman–Crippen MR) is 73.9 cm³/mol. The maximum absolute atomic E-state index is 13.7. The fourth-order valence-electron chi connectivity index (χ4n) is 1.53. The van der Waals surface area contributed by atoms with E-state index in [1.165, 1.54) is 12.3 Å². The molecule has 0 atom stereocenters. The number of halogens is 2. The van der Waals surface area contributed by atoms with Crippen molar-refractivity contribution in [3.63, 3.8) is 0 Å². The molecule has 3 nitrogen and oxygen atoms in total. The number of nitrogens with zero attached hydrogens (tertiary/aromatic N) is 1. The van der Waals surface area contributed by atoms with Crippen LogP contribution in [-0.4, -0.2) is 16.7 Å². The van der Waals surface area contributed by atoms with Crippen molar-refractivity contribution in [1.29, 1.82) is 0 Å². The molecular weight excluding hydrogens is 281 g/mol. The fourth-order valence-corrected chi connectivity index (χ4v) is 1.72. The van der Waals surface area contributed by atoms with Gasteiger partial charge >= 0.3 is 0 Å². The lowest BCUT2D eigenvalue weighted by molar-refractivity contribution is 0.298. The minimum atomic E-state index is -0.488. The van der Waals surface area contributed by atoms with Gasteiger partial charge in [0, 0.05) is 17.3 Å². The monoisotopic (exact) mass is 291 g/mol. The van der Waals surface area contributed by atoms with Gasteiger partial charge in [0.2, 0.25) is 0 Å². The van der Waals surface area contributed by atoms with Crippen molar-refractivity contribution in [2.24, 2.45) is 0 Å². The highest BCUT2D eigenvalue weighted by atomic mass is 35.5. The summed E-state index contributed by atoms with van der Waals surface area (Å²) in [4.78, 5) is 3.96. The second-order valence-electron chi connectivity index (χ2n) is 3.87. The van der Waals surface area contributed by atoms with Crippen molar-refractivity contribution >= 4 is 11.6 Å². The van der Waals surface area contributed by atoms with Crippen molar-refractivity contribution in [2.45, 2.75) is 6.61 Å². The van der Waals surface area contributed by atoms with Crippen LogP contribution >= 0.6 is 11.6 Å². The highest BCUT2D eigenvalue weighted by Gasteiger charge is 2.07. The molecule has 0 fully saturated rings. The first-order chi connectivity index (χ1) is 9.70. The van der Waals surface area contributed by atoms with Crippen LogP contribution in [0.5, 0.6) is 5.75 Å². The van der Waals surface area contributed by atoms with Gasteiger partial charge in [0.15, 0.2) is 0 Å². The van der Waals surface area contributed by atoms with E-state index in [2.05, 4.69) is 16.8 Å². The number of hydrogen-bond acceptors (Lipinski definition) is 3. The lowest BCUT2D eigenvalue weighted by Crippen LogP contribution is -1.99. The quantitative estimate of drug-likeness (QED) is 0.884. The van der Waals surface area contributed by atoms with Crippen LogP contribution in [0.3, 0.4) is 0 Å². The van der Waals surface area contributed by atoms with Crippen LogP contribution < -0.4 is 4.74 Å². The normalized spacial score (nSPS) is 9.75. The fraction of sp³-hybridized carbons (Fsp3) is 0.133. The SMILES string of the molecule is OCC#Cc1cncc(OCc2cccc(Cl)c2F)c1. The third-order valence-corrected chi connectivity index (χ3v) is 2.74. The number of benzene rings is 1.